The monoisotopic (exact) mass is 609 g/mol. The average molecular weight is 610 g/mol. The molecule has 45 heavy (non-hydrogen) atoms. The molecular weight excluding hydrogens is 566 g/mol. The fraction of sp³-hybridized carbons (Fsp3) is 0.389. The Morgan fingerprint density at radius 1 is 0.911 bits per heavy atom. The second kappa shape index (κ2) is 12.9. The average Bonchev–Trinajstić information content (AvgIpc) is 3.04. The number of aryl methyl sites for hydroxylation is 4. The molecule has 1 aromatic heterocycles. The molecule has 1 N–H and O–H groups in total. The van der Waals surface area contributed by atoms with Crippen LogP contribution in [0.3, 0.4) is 0 Å². The van der Waals surface area contributed by atoms with E-state index in [2.05, 4.69) is 53.1 Å². The maximum Gasteiger partial charge on any atom is 0.329 e. The molecule has 0 bridgehead atoms. The predicted molar refractivity (Wildman–Crippen MR) is 178 cm³/mol. The SMILES string of the molecule is COc1cc2c(cc1OCC(O)CN1CCN(c3ccccc3)CC1)-c1cc(=Nc3c(C)cc(C)cc3C)n(C)c(=O)n1CC2. The molecule has 1 fully saturated rings. The minimum Gasteiger partial charge on any atom is -0.493 e. The molecule has 0 aliphatic carbocycles. The molecule has 9 nitrogen and oxygen atoms in total. The summed E-state index contributed by atoms with van der Waals surface area (Å²) in [6.45, 7) is 11.0. The van der Waals surface area contributed by atoms with E-state index in [0.717, 1.165) is 59.8 Å². The molecule has 9 heteroatoms. The number of aliphatic hydroxyl groups excluding tert-OH is 1. The fourth-order valence-corrected chi connectivity index (χ4v) is 6.61. The number of β-amino-alcohol motifs (C(OH)–C–C–N with tert-alkyl or cyclic N) is 1. The summed E-state index contributed by atoms with van der Waals surface area (Å²) in [7, 11) is 3.40. The summed E-state index contributed by atoms with van der Waals surface area (Å²) < 4.78 is 15.3. The Balaban J connectivity index is 1.22. The second-order valence-electron chi connectivity index (χ2n) is 12.2. The Hall–Kier alpha value is -4.34. The van der Waals surface area contributed by atoms with Gasteiger partial charge in [-0.2, -0.15) is 0 Å². The van der Waals surface area contributed by atoms with E-state index < -0.39 is 6.10 Å². The Morgan fingerprint density at radius 3 is 2.31 bits per heavy atom. The molecule has 4 aromatic rings. The number of fused-ring (bicyclic) bond motifs is 3. The van der Waals surface area contributed by atoms with Gasteiger partial charge in [-0.25, -0.2) is 9.79 Å². The summed E-state index contributed by atoms with van der Waals surface area (Å²) >= 11 is 0. The molecule has 3 heterocycles. The maximum absolute atomic E-state index is 13.5. The van der Waals surface area contributed by atoms with Crippen molar-refractivity contribution in [3.05, 3.63) is 98.9 Å². The third-order valence-corrected chi connectivity index (χ3v) is 8.94. The molecule has 1 saturated heterocycles. The van der Waals surface area contributed by atoms with Gasteiger partial charge in [0.05, 0.1) is 18.5 Å². The lowest BCUT2D eigenvalue weighted by molar-refractivity contribution is 0.0653. The van der Waals surface area contributed by atoms with Crippen LogP contribution in [-0.4, -0.2) is 71.7 Å². The van der Waals surface area contributed by atoms with Crippen LogP contribution in [0.1, 0.15) is 22.3 Å². The van der Waals surface area contributed by atoms with Crippen LogP contribution in [0.2, 0.25) is 0 Å². The second-order valence-corrected chi connectivity index (χ2v) is 12.2. The smallest absolute Gasteiger partial charge is 0.329 e. The van der Waals surface area contributed by atoms with Crippen molar-refractivity contribution in [3.8, 4) is 22.8 Å². The number of ether oxygens (including phenoxy) is 2. The van der Waals surface area contributed by atoms with Gasteiger partial charge in [-0.15, -0.1) is 0 Å². The highest BCUT2D eigenvalue weighted by atomic mass is 16.5. The summed E-state index contributed by atoms with van der Waals surface area (Å²) in [5.74, 6) is 1.16. The molecule has 2 aliphatic rings. The number of nitrogens with zero attached hydrogens (tertiary/aromatic N) is 5. The molecule has 1 unspecified atom stereocenters. The molecule has 0 spiro atoms. The van der Waals surface area contributed by atoms with Crippen LogP contribution in [0, 0.1) is 20.8 Å². The van der Waals surface area contributed by atoms with E-state index in [9.17, 15) is 9.90 Å². The molecule has 6 rings (SSSR count). The largest absolute Gasteiger partial charge is 0.493 e. The van der Waals surface area contributed by atoms with E-state index in [1.165, 1.54) is 11.3 Å². The van der Waals surface area contributed by atoms with Crippen LogP contribution >= 0.6 is 0 Å². The van der Waals surface area contributed by atoms with Crippen LogP contribution in [0.15, 0.2) is 70.5 Å². The normalized spacial score (nSPS) is 15.9. The lowest BCUT2D eigenvalue weighted by Crippen LogP contribution is -2.49. The highest BCUT2D eigenvalue weighted by Crippen LogP contribution is 2.38. The first-order chi connectivity index (χ1) is 21.7. The molecular formula is C36H43N5O4. The van der Waals surface area contributed by atoms with Crippen molar-refractivity contribution in [2.75, 3.05) is 51.3 Å². The first-order valence-electron chi connectivity index (χ1n) is 15.7. The standard InChI is InChI=1S/C36H43N5O4/c1-24-17-25(2)35(26(3)18-24)37-34-21-31-30-20-33(32(44-5)19-27(30)11-12-41(31)36(43)38(34)4)45-23-29(42)22-39-13-15-40(16-14-39)28-9-7-6-8-10-28/h6-10,17-21,29,42H,11-16,22-23H2,1-5H3. The number of benzene rings is 3. The molecule has 3 aromatic carbocycles. The predicted octanol–water partition coefficient (Wildman–Crippen LogP) is 4.14. The number of rotatable bonds is 8. The van der Waals surface area contributed by atoms with Gasteiger partial charge in [-0.05, 0) is 68.1 Å². The Bertz CT molecular complexity index is 1800. The van der Waals surface area contributed by atoms with Gasteiger partial charge in [-0.3, -0.25) is 14.0 Å². The number of para-hydroxylation sites is 1. The highest BCUT2D eigenvalue weighted by molar-refractivity contribution is 5.70. The summed E-state index contributed by atoms with van der Waals surface area (Å²) in [6, 6.07) is 20.6. The molecule has 0 saturated carbocycles. The number of methoxy groups -OCH3 is 1. The van der Waals surface area contributed by atoms with E-state index >= 15 is 0 Å². The van der Waals surface area contributed by atoms with Crippen molar-refractivity contribution in [2.24, 2.45) is 12.0 Å². The molecule has 2 aliphatic heterocycles. The quantitative estimate of drug-likeness (QED) is 0.324. The van der Waals surface area contributed by atoms with E-state index in [4.69, 9.17) is 14.5 Å². The number of aromatic nitrogens is 2. The van der Waals surface area contributed by atoms with Crippen LogP contribution in [0.25, 0.3) is 11.3 Å². The van der Waals surface area contributed by atoms with E-state index in [1.807, 2.05) is 38.1 Å². The Morgan fingerprint density at radius 2 is 1.62 bits per heavy atom. The van der Waals surface area contributed by atoms with Gasteiger partial charge in [0.25, 0.3) is 0 Å². The summed E-state index contributed by atoms with van der Waals surface area (Å²) in [6.07, 6.45) is 0.0396. The summed E-state index contributed by atoms with van der Waals surface area (Å²) in [4.78, 5) is 23.2. The minimum absolute atomic E-state index is 0.111. The topological polar surface area (TPSA) is 84.5 Å². The third-order valence-electron chi connectivity index (χ3n) is 8.94. The highest BCUT2D eigenvalue weighted by Gasteiger charge is 2.24. The van der Waals surface area contributed by atoms with Crippen molar-refractivity contribution in [2.45, 2.75) is 39.8 Å². The van der Waals surface area contributed by atoms with Gasteiger partial charge in [0.1, 0.15) is 18.2 Å². The van der Waals surface area contributed by atoms with Crippen LogP contribution in [0.4, 0.5) is 11.4 Å². The summed E-state index contributed by atoms with van der Waals surface area (Å²) in [5, 5.41) is 10.9. The molecule has 236 valence electrons. The van der Waals surface area contributed by atoms with E-state index in [0.29, 0.717) is 36.5 Å². The van der Waals surface area contributed by atoms with Crippen LogP contribution < -0.4 is 25.6 Å². The maximum atomic E-state index is 13.5. The van der Waals surface area contributed by atoms with Crippen molar-refractivity contribution >= 4 is 11.4 Å². The zero-order valence-electron chi connectivity index (χ0n) is 26.9. The number of hydrogen-bond donors (Lipinski definition) is 1. The van der Waals surface area contributed by atoms with Gasteiger partial charge in [0.15, 0.2) is 11.5 Å². The van der Waals surface area contributed by atoms with Crippen LogP contribution in [0.5, 0.6) is 11.5 Å². The first-order valence-corrected chi connectivity index (χ1v) is 15.7. The zero-order valence-corrected chi connectivity index (χ0v) is 26.9. The first kappa shape index (κ1) is 30.7. The lowest BCUT2D eigenvalue weighted by atomic mass is 9.97. The number of anilines is 1. The van der Waals surface area contributed by atoms with Crippen molar-refractivity contribution < 1.29 is 14.6 Å². The third kappa shape index (κ3) is 6.41. The lowest BCUT2D eigenvalue weighted by Gasteiger charge is -2.36. The number of piperazine rings is 1. The van der Waals surface area contributed by atoms with Crippen molar-refractivity contribution in [1.29, 1.82) is 0 Å². The number of aliphatic hydroxyl groups is 1. The zero-order chi connectivity index (χ0) is 31.7. The molecule has 0 amide bonds. The van der Waals surface area contributed by atoms with E-state index in [-0.39, 0.29) is 12.3 Å². The Labute approximate surface area is 264 Å². The van der Waals surface area contributed by atoms with Gasteiger partial charge in [0.2, 0.25) is 0 Å². The Kier molecular flexibility index (Phi) is 8.83. The molecule has 1 atom stereocenters. The van der Waals surface area contributed by atoms with Gasteiger partial charge in [-0.1, -0.05) is 35.9 Å². The van der Waals surface area contributed by atoms with Crippen LogP contribution in [-0.2, 0) is 20.0 Å². The minimum atomic E-state index is -0.658. The van der Waals surface area contributed by atoms with Crippen molar-refractivity contribution in [1.82, 2.24) is 14.0 Å². The fourth-order valence-electron chi connectivity index (χ4n) is 6.61. The van der Waals surface area contributed by atoms with Gasteiger partial charge < -0.3 is 19.5 Å². The molecule has 0 radical (unpaired) electrons. The van der Waals surface area contributed by atoms with Gasteiger partial charge in [0, 0.05) is 63.6 Å². The van der Waals surface area contributed by atoms with Gasteiger partial charge >= 0.3 is 5.69 Å². The van der Waals surface area contributed by atoms with E-state index in [1.54, 1.807) is 23.3 Å². The summed E-state index contributed by atoms with van der Waals surface area (Å²) in [5.41, 5.74) is 8.72. The number of hydrogen-bond acceptors (Lipinski definition) is 7. The van der Waals surface area contributed by atoms with Crippen molar-refractivity contribution in [3.63, 3.8) is 0 Å².